The lowest BCUT2D eigenvalue weighted by Gasteiger charge is -2.28. The van der Waals surface area contributed by atoms with Crippen LogP contribution in [0.15, 0.2) is 24.4 Å². The van der Waals surface area contributed by atoms with E-state index in [9.17, 15) is 9.90 Å². The first kappa shape index (κ1) is 13.1. The van der Waals surface area contributed by atoms with Crippen molar-refractivity contribution in [2.45, 2.75) is 25.5 Å². The van der Waals surface area contributed by atoms with Crippen LogP contribution < -0.4 is 5.32 Å². The number of carbonyl (C=O) groups is 1. The van der Waals surface area contributed by atoms with Crippen molar-refractivity contribution in [3.8, 4) is 0 Å². The summed E-state index contributed by atoms with van der Waals surface area (Å²) in [5.41, 5.74) is 2.09. The van der Waals surface area contributed by atoms with E-state index in [1.165, 1.54) is 0 Å². The number of carbonyl (C=O) groups excluding carboxylic acids is 1. The Labute approximate surface area is 116 Å². The maximum Gasteiger partial charge on any atom is 0.271 e. The van der Waals surface area contributed by atoms with Crippen LogP contribution in [0, 0.1) is 6.92 Å². The summed E-state index contributed by atoms with van der Waals surface area (Å²) in [4.78, 5) is 16.5. The van der Waals surface area contributed by atoms with Crippen molar-refractivity contribution in [3.05, 3.63) is 35.8 Å². The molecule has 3 rings (SSSR count). The van der Waals surface area contributed by atoms with E-state index in [-0.39, 0.29) is 11.9 Å². The number of hydrogen-bond donors (Lipinski definition) is 2. The van der Waals surface area contributed by atoms with Crippen molar-refractivity contribution in [3.63, 3.8) is 0 Å². The molecule has 0 radical (unpaired) electrons. The fraction of sp³-hybridized carbons (Fsp3) is 0.429. The summed E-state index contributed by atoms with van der Waals surface area (Å²) in [6.07, 6.45) is 1.68. The number of fused-ring (bicyclic) bond motifs is 1. The molecule has 1 amide bonds. The molecule has 0 aliphatic carbocycles. The molecule has 106 valence electrons. The van der Waals surface area contributed by atoms with Gasteiger partial charge in [-0.05, 0) is 25.5 Å². The molecule has 6 nitrogen and oxygen atoms in total. The quantitative estimate of drug-likeness (QED) is 0.838. The van der Waals surface area contributed by atoms with Crippen LogP contribution in [0.2, 0.25) is 0 Å². The number of pyridine rings is 1. The van der Waals surface area contributed by atoms with Crippen molar-refractivity contribution in [2.24, 2.45) is 0 Å². The van der Waals surface area contributed by atoms with Crippen molar-refractivity contribution in [1.82, 2.24) is 14.7 Å². The van der Waals surface area contributed by atoms with Gasteiger partial charge in [0.05, 0.1) is 18.8 Å². The minimum Gasteiger partial charge on any atom is -0.391 e. The Bertz CT molecular complexity index is 638. The van der Waals surface area contributed by atoms with E-state index in [0.717, 1.165) is 11.3 Å². The molecule has 0 saturated carbocycles. The lowest BCUT2D eigenvalue weighted by atomic mass is 10.1. The lowest BCUT2D eigenvalue weighted by Crippen LogP contribution is -2.49. The molecule has 3 heterocycles. The summed E-state index contributed by atoms with van der Waals surface area (Å²) in [6.45, 7) is 2.81. The molecule has 2 atom stereocenters. The zero-order chi connectivity index (χ0) is 14.1. The standard InChI is InChI=1S/C14H17N3O3/c1-9-3-2-4-13-15-10(7-17(9)13)14(19)16-11-8-20-6-5-12(11)18/h2-4,7,11-12,18H,5-6,8H2,1H3,(H,16,19)/t11-,12-/m1/s1. The Balaban J connectivity index is 1.80. The normalized spacial score (nSPS) is 22.9. The molecule has 0 unspecified atom stereocenters. The molecule has 2 N–H and O–H groups in total. The zero-order valence-electron chi connectivity index (χ0n) is 11.2. The predicted molar refractivity (Wildman–Crippen MR) is 72.6 cm³/mol. The molecule has 2 aromatic heterocycles. The van der Waals surface area contributed by atoms with Crippen molar-refractivity contribution < 1.29 is 14.6 Å². The SMILES string of the molecule is Cc1cccc2nc(C(=O)N[C@@H]3COCC[C@H]3O)cn12. The third-order valence-electron chi connectivity index (χ3n) is 3.56. The summed E-state index contributed by atoms with van der Waals surface area (Å²) < 4.78 is 7.13. The van der Waals surface area contributed by atoms with E-state index in [4.69, 9.17) is 4.74 Å². The Morgan fingerprint density at radius 3 is 3.15 bits per heavy atom. The Morgan fingerprint density at radius 1 is 1.55 bits per heavy atom. The first-order valence-electron chi connectivity index (χ1n) is 6.66. The average molecular weight is 275 g/mol. The molecule has 6 heteroatoms. The number of aromatic nitrogens is 2. The first-order valence-corrected chi connectivity index (χ1v) is 6.66. The lowest BCUT2D eigenvalue weighted by molar-refractivity contribution is -0.0140. The monoisotopic (exact) mass is 275 g/mol. The van der Waals surface area contributed by atoms with Crippen molar-refractivity contribution >= 4 is 11.6 Å². The van der Waals surface area contributed by atoms with Crippen molar-refractivity contribution in [1.29, 1.82) is 0 Å². The predicted octanol–water partition coefficient (Wildman–Crippen LogP) is 0.522. The molecule has 2 aromatic rings. The van der Waals surface area contributed by atoms with Gasteiger partial charge in [0.2, 0.25) is 0 Å². The number of aliphatic hydroxyl groups excluding tert-OH is 1. The summed E-state index contributed by atoms with van der Waals surface area (Å²) in [6, 6.07) is 5.33. The highest BCUT2D eigenvalue weighted by molar-refractivity contribution is 5.93. The van der Waals surface area contributed by atoms with Crippen molar-refractivity contribution in [2.75, 3.05) is 13.2 Å². The number of imidazole rings is 1. The Kier molecular flexibility index (Phi) is 3.42. The summed E-state index contributed by atoms with van der Waals surface area (Å²) in [7, 11) is 0. The van der Waals surface area contributed by atoms with Crippen LogP contribution in [-0.4, -0.2) is 45.8 Å². The van der Waals surface area contributed by atoms with Gasteiger partial charge in [0.15, 0.2) is 0 Å². The zero-order valence-corrected chi connectivity index (χ0v) is 11.2. The van der Waals surface area contributed by atoms with Gasteiger partial charge in [-0.3, -0.25) is 4.79 Å². The topological polar surface area (TPSA) is 75.9 Å². The number of nitrogens with one attached hydrogen (secondary N) is 1. The van der Waals surface area contributed by atoms with Gasteiger partial charge in [-0.15, -0.1) is 0 Å². The number of rotatable bonds is 2. The van der Waals surface area contributed by atoms with Crippen LogP contribution >= 0.6 is 0 Å². The van der Waals surface area contributed by atoms with Crippen LogP contribution in [0.3, 0.4) is 0 Å². The smallest absolute Gasteiger partial charge is 0.271 e. The van der Waals surface area contributed by atoms with Gasteiger partial charge < -0.3 is 19.6 Å². The van der Waals surface area contributed by atoms with Crippen LogP contribution in [0.4, 0.5) is 0 Å². The fourth-order valence-electron chi connectivity index (χ4n) is 2.36. The van der Waals surface area contributed by atoms with Gasteiger partial charge in [0, 0.05) is 18.5 Å². The third-order valence-corrected chi connectivity index (χ3v) is 3.56. The van der Waals surface area contributed by atoms with Crippen LogP contribution in [0.1, 0.15) is 22.6 Å². The average Bonchev–Trinajstić information content (AvgIpc) is 2.87. The largest absolute Gasteiger partial charge is 0.391 e. The fourth-order valence-corrected chi connectivity index (χ4v) is 2.36. The van der Waals surface area contributed by atoms with E-state index in [2.05, 4.69) is 10.3 Å². The van der Waals surface area contributed by atoms with E-state index >= 15 is 0 Å². The number of amides is 1. The second-order valence-electron chi connectivity index (χ2n) is 5.03. The number of hydrogen-bond acceptors (Lipinski definition) is 4. The third kappa shape index (κ3) is 2.39. The highest BCUT2D eigenvalue weighted by atomic mass is 16.5. The number of nitrogens with zero attached hydrogens (tertiary/aromatic N) is 2. The second kappa shape index (κ2) is 5.22. The molecule has 20 heavy (non-hydrogen) atoms. The van der Waals surface area contributed by atoms with Crippen LogP contribution in [0.5, 0.6) is 0 Å². The Morgan fingerprint density at radius 2 is 2.40 bits per heavy atom. The Hall–Kier alpha value is -1.92. The maximum atomic E-state index is 12.2. The summed E-state index contributed by atoms with van der Waals surface area (Å²) in [5, 5.41) is 12.6. The van der Waals surface area contributed by atoms with Gasteiger partial charge >= 0.3 is 0 Å². The van der Waals surface area contributed by atoms with Gasteiger partial charge in [-0.1, -0.05) is 6.07 Å². The van der Waals surface area contributed by atoms with Gasteiger partial charge in [0.25, 0.3) is 5.91 Å². The molecular formula is C14H17N3O3. The van der Waals surface area contributed by atoms with Gasteiger partial charge in [-0.2, -0.15) is 0 Å². The van der Waals surface area contributed by atoms with Gasteiger partial charge in [0.1, 0.15) is 11.3 Å². The summed E-state index contributed by atoms with van der Waals surface area (Å²) >= 11 is 0. The molecule has 1 saturated heterocycles. The van der Waals surface area contributed by atoms with Gasteiger partial charge in [-0.25, -0.2) is 4.98 Å². The van der Waals surface area contributed by atoms with E-state index in [0.29, 0.717) is 25.3 Å². The van der Waals surface area contributed by atoms with E-state index in [1.54, 1.807) is 6.20 Å². The number of aryl methyl sites for hydroxylation is 1. The maximum absolute atomic E-state index is 12.2. The van der Waals surface area contributed by atoms with E-state index in [1.807, 2.05) is 29.5 Å². The van der Waals surface area contributed by atoms with Crippen LogP contribution in [-0.2, 0) is 4.74 Å². The second-order valence-corrected chi connectivity index (χ2v) is 5.03. The molecular weight excluding hydrogens is 258 g/mol. The molecule has 1 aliphatic heterocycles. The highest BCUT2D eigenvalue weighted by Gasteiger charge is 2.26. The van der Waals surface area contributed by atoms with Crippen LogP contribution in [0.25, 0.3) is 5.65 Å². The van der Waals surface area contributed by atoms with E-state index < -0.39 is 6.10 Å². The first-order chi connectivity index (χ1) is 9.65. The highest BCUT2D eigenvalue weighted by Crippen LogP contribution is 2.11. The molecule has 1 fully saturated rings. The number of aliphatic hydroxyl groups is 1. The molecule has 1 aliphatic rings. The number of ether oxygens (including phenoxy) is 1. The minimum absolute atomic E-state index is 0.289. The molecule has 0 spiro atoms. The summed E-state index contributed by atoms with van der Waals surface area (Å²) in [5.74, 6) is -0.289. The molecule has 0 aromatic carbocycles. The molecule has 0 bridgehead atoms. The minimum atomic E-state index is -0.563.